The zero-order valence-corrected chi connectivity index (χ0v) is 22.2. The average Bonchev–Trinajstić information content (AvgIpc) is 3.34. The number of ether oxygens (including phenoxy) is 1. The molecule has 0 aliphatic carbocycles. The number of fused-ring (bicyclic) bond motifs is 1. The van der Waals surface area contributed by atoms with E-state index in [1.165, 1.54) is 10.5 Å². The third kappa shape index (κ3) is 7.11. The Morgan fingerprint density at radius 2 is 1.62 bits per heavy atom. The minimum Gasteiger partial charge on any atom is -0.465 e. The highest BCUT2D eigenvalue weighted by atomic mass is 19.4. The molecule has 8 heteroatoms. The number of halogens is 3. The number of esters is 1. The Labute approximate surface area is 230 Å². The smallest absolute Gasteiger partial charge is 0.416 e. The third-order valence-electron chi connectivity index (χ3n) is 6.22. The number of rotatable bonds is 8. The first-order valence-electron chi connectivity index (χ1n) is 12.9. The Morgan fingerprint density at radius 3 is 2.27 bits per heavy atom. The number of benzene rings is 3. The minimum atomic E-state index is -4.52. The summed E-state index contributed by atoms with van der Waals surface area (Å²) < 4.78 is 49.6. The molecule has 0 saturated heterocycles. The molecule has 0 N–H and O–H groups in total. The lowest BCUT2D eigenvalue weighted by Crippen LogP contribution is -2.36. The summed E-state index contributed by atoms with van der Waals surface area (Å²) in [6.07, 6.45) is -0.874. The van der Waals surface area contributed by atoms with Crippen LogP contribution in [0.25, 0.3) is 11.0 Å². The molecule has 1 amide bonds. The number of furan rings is 1. The van der Waals surface area contributed by atoms with E-state index in [9.17, 15) is 22.8 Å². The van der Waals surface area contributed by atoms with Gasteiger partial charge in [-0.3, -0.25) is 9.59 Å². The van der Waals surface area contributed by atoms with Crippen LogP contribution < -0.4 is 0 Å². The molecule has 40 heavy (non-hydrogen) atoms. The van der Waals surface area contributed by atoms with Crippen molar-refractivity contribution in [3.63, 3.8) is 0 Å². The molecule has 0 unspecified atom stereocenters. The van der Waals surface area contributed by atoms with E-state index in [4.69, 9.17) is 9.15 Å². The van der Waals surface area contributed by atoms with Crippen molar-refractivity contribution in [2.24, 2.45) is 0 Å². The average molecular weight is 548 g/mol. The third-order valence-corrected chi connectivity index (χ3v) is 6.22. The van der Waals surface area contributed by atoms with Gasteiger partial charge in [-0.2, -0.15) is 13.2 Å². The Hall–Kier alpha value is -4.51. The maximum absolute atomic E-state index is 13.3. The zero-order valence-electron chi connectivity index (χ0n) is 22.2. The number of hydrogen-bond donors (Lipinski definition) is 0. The van der Waals surface area contributed by atoms with Crippen molar-refractivity contribution in [3.05, 3.63) is 106 Å². The Balaban J connectivity index is 1.59. The first-order chi connectivity index (χ1) is 19.2. The van der Waals surface area contributed by atoms with Crippen molar-refractivity contribution in [1.82, 2.24) is 4.90 Å². The van der Waals surface area contributed by atoms with E-state index in [0.29, 0.717) is 16.7 Å². The van der Waals surface area contributed by atoms with Crippen LogP contribution in [0.1, 0.15) is 58.4 Å². The van der Waals surface area contributed by atoms with Crippen LogP contribution in [0.5, 0.6) is 0 Å². The highest BCUT2D eigenvalue weighted by molar-refractivity contribution is 5.96. The molecule has 0 saturated carbocycles. The summed E-state index contributed by atoms with van der Waals surface area (Å²) in [5.41, 5.74) is 3.25. The van der Waals surface area contributed by atoms with Gasteiger partial charge >= 0.3 is 12.1 Å². The fourth-order valence-electron chi connectivity index (χ4n) is 4.22. The number of hydrogen-bond acceptors (Lipinski definition) is 4. The molecule has 1 aromatic heterocycles. The molecule has 5 nitrogen and oxygen atoms in total. The fraction of sp³-hybridized carbons (Fsp3) is 0.250. The Bertz CT molecular complexity index is 1540. The van der Waals surface area contributed by atoms with Gasteiger partial charge in [0.1, 0.15) is 18.4 Å². The predicted molar refractivity (Wildman–Crippen MR) is 145 cm³/mol. The van der Waals surface area contributed by atoms with E-state index in [-0.39, 0.29) is 25.3 Å². The van der Waals surface area contributed by atoms with Crippen molar-refractivity contribution in [1.29, 1.82) is 0 Å². The standard InChI is InChI=1S/C32H28F3NO4/c1-3-5-22-6-8-23(9-7-22)10-12-26-21-40-29-17-11-24(18-28(26)29)19-36(20-30(37)39-4-2)31(38)25-13-15-27(16-14-25)32(33,34)35/h6-9,11,13-18,21H,3-5,19-20H2,1-2H3. The maximum atomic E-state index is 13.3. The molecule has 0 aliphatic rings. The molecular weight excluding hydrogens is 519 g/mol. The largest absolute Gasteiger partial charge is 0.465 e. The van der Waals surface area contributed by atoms with Crippen molar-refractivity contribution in [3.8, 4) is 11.8 Å². The number of carbonyl (C=O) groups is 2. The van der Waals surface area contributed by atoms with Crippen LogP contribution in [0, 0.1) is 11.8 Å². The molecule has 0 radical (unpaired) electrons. The highest BCUT2D eigenvalue weighted by Crippen LogP contribution is 2.29. The monoisotopic (exact) mass is 547 g/mol. The molecule has 3 aromatic carbocycles. The van der Waals surface area contributed by atoms with Gasteiger partial charge < -0.3 is 14.1 Å². The summed E-state index contributed by atoms with van der Waals surface area (Å²) in [5.74, 6) is 5.07. The zero-order chi connectivity index (χ0) is 28.7. The van der Waals surface area contributed by atoms with Crippen LogP contribution in [0.2, 0.25) is 0 Å². The quantitative estimate of drug-likeness (QED) is 0.176. The maximum Gasteiger partial charge on any atom is 0.416 e. The molecule has 4 rings (SSSR count). The predicted octanol–water partition coefficient (Wildman–Crippen LogP) is 7.01. The molecule has 1 heterocycles. The summed E-state index contributed by atoms with van der Waals surface area (Å²) in [5, 5.41) is 0.741. The summed E-state index contributed by atoms with van der Waals surface area (Å²) in [6.45, 7) is 3.57. The molecule has 0 fully saturated rings. The van der Waals surface area contributed by atoms with Gasteiger partial charge in [-0.05, 0) is 73.0 Å². The lowest BCUT2D eigenvalue weighted by Gasteiger charge is -2.22. The molecule has 0 atom stereocenters. The summed E-state index contributed by atoms with van der Waals surface area (Å²) in [6, 6.07) is 17.3. The second-order valence-corrected chi connectivity index (χ2v) is 9.22. The van der Waals surface area contributed by atoms with E-state index in [0.717, 1.165) is 48.1 Å². The Kier molecular flexibility index (Phi) is 8.95. The van der Waals surface area contributed by atoms with Crippen molar-refractivity contribution < 1.29 is 31.9 Å². The minimum absolute atomic E-state index is 0.0194. The van der Waals surface area contributed by atoms with Gasteiger partial charge in [-0.25, -0.2) is 0 Å². The number of nitrogens with zero attached hydrogens (tertiary/aromatic N) is 1. The van der Waals surface area contributed by atoms with Gasteiger partial charge in [-0.15, -0.1) is 0 Å². The molecule has 0 aliphatic heterocycles. The first kappa shape index (κ1) is 28.5. The van der Waals surface area contributed by atoms with E-state index in [1.54, 1.807) is 25.3 Å². The summed E-state index contributed by atoms with van der Waals surface area (Å²) >= 11 is 0. The second kappa shape index (κ2) is 12.6. The number of amides is 1. The fourth-order valence-corrected chi connectivity index (χ4v) is 4.22. The summed E-state index contributed by atoms with van der Waals surface area (Å²) in [7, 11) is 0. The van der Waals surface area contributed by atoms with E-state index >= 15 is 0 Å². The van der Waals surface area contributed by atoms with Crippen molar-refractivity contribution >= 4 is 22.8 Å². The number of alkyl halides is 3. The molecular formula is C32H28F3NO4. The van der Waals surface area contributed by atoms with E-state index in [1.807, 2.05) is 18.2 Å². The van der Waals surface area contributed by atoms with Crippen LogP contribution >= 0.6 is 0 Å². The molecule has 206 valence electrons. The van der Waals surface area contributed by atoms with Crippen LogP contribution in [0.15, 0.2) is 77.4 Å². The van der Waals surface area contributed by atoms with E-state index < -0.39 is 23.6 Å². The molecule has 0 bridgehead atoms. The van der Waals surface area contributed by atoms with Gasteiger partial charge in [0.25, 0.3) is 5.91 Å². The number of aryl methyl sites for hydroxylation is 1. The van der Waals surface area contributed by atoms with Crippen LogP contribution in [0.3, 0.4) is 0 Å². The number of carbonyl (C=O) groups excluding carboxylic acids is 2. The SMILES string of the molecule is CCCc1ccc(C#Cc2coc3ccc(CN(CC(=O)OCC)C(=O)c4ccc(C(F)(F)F)cc4)cc23)cc1. The van der Waals surface area contributed by atoms with Crippen LogP contribution in [-0.4, -0.2) is 29.9 Å². The normalized spacial score (nSPS) is 11.1. The van der Waals surface area contributed by atoms with Gasteiger partial charge in [0.05, 0.1) is 17.7 Å². The van der Waals surface area contributed by atoms with Crippen LogP contribution in [0.4, 0.5) is 13.2 Å². The lowest BCUT2D eigenvalue weighted by atomic mass is 10.1. The topological polar surface area (TPSA) is 59.8 Å². The van der Waals surface area contributed by atoms with Crippen LogP contribution in [-0.2, 0) is 28.7 Å². The summed E-state index contributed by atoms with van der Waals surface area (Å²) in [4.78, 5) is 26.8. The molecule has 0 spiro atoms. The second-order valence-electron chi connectivity index (χ2n) is 9.22. The van der Waals surface area contributed by atoms with Gasteiger partial charge in [-0.1, -0.05) is 43.4 Å². The lowest BCUT2D eigenvalue weighted by molar-refractivity contribution is -0.144. The molecule has 4 aromatic rings. The van der Waals surface area contributed by atoms with E-state index in [2.05, 4.69) is 30.9 Å². The highest BCUT2D eigenvalue weighted by Gasteiger charge is 2.30. The van der Waals surface area contributed by atoms with Gasteiger partial charge in [0.15, 0.2) is 0 Å². The van der Waals surface area contributed by atoms with Gasteiger partial charge in [0, 0.05) is 23.1 Å². The van der Waals surface area contributed by atoms with Crippen molar-refractivity contribution in [2.75, 3.05) is 13.2 Å². The first-order valence-corrected chi connectivity index (χ1v) is 12.9. The van der Waals surface area contributed by atoms with Crippen molar-refractivity contribution in [2.45, 2.75) is 39.4 Å². The Morgan fingerprint density at radius 1 is 0.925 bits per heavy atom. The van der Waals surface area contributed by atoms with Gasteiger partial charge in [0.2, 0.25) is 0 Å².